The van der Waals surface area contributed by atoms with Gasteiger partial charge in [0.25, 0.3) is 0 Å². The van der Waals surface area contributed by atoms with Gasteiger partial charge >= 0.3 is 17.9 Å². The Morgan fingerprint density at radius 2 is 0.550 bits per heavy atom. The number of aromatic carboxylic acids is 3. The SMILES string of the molecule is COc1cc(OC)cc(C(=O)O)c1.COc1cc(OC)cc(C(=O)O)c1.COc1cc(OC)cc(C(=O)O)c1.[La]. The molecule has 13 heteroatoms. The van der Waals surface area contributed by atoms with E-state index in [1.165, 1.54) is 79.1 Å². The third kappa shape index (κ3) is 11.8. The van der Waals surface area contributed by atoms with E-state index in [1.54, 1.807) is 18.2 Å². The van der Waals surface area contributed by atoms with Crippen LogP contribution >= 0.6 is 0 Å². The summed E-state index contributed by atoms with van der Waals surface area (Å²) in [4.78, 5) is 31.9. The topological polar surface area (TPSA) is 167 Å². The molecule has 0 fully saturated rings. The van der Waals surface area contributed by atoms with Crippen LogP contribution in [0, 0.1) is 35.6 Å². The van der Waals surface area contributed by atoms with Crippen LogP contribution in [0.5, 0.6) is 34.5 Å². The number of benzene rings is 3. The first-order chi connectivity index (χ1) is 18.5. The van der Waals surface area contributed by atoms with Crippen LogP contribution in [0.15, 0.2) is 54.6 Å². The summed E-state index contributed by atoms with van der Waals surface area (Å²) in [6.07, 6.45) is 0. The number of hydrogen-bond donors (Lipinski definition) is 3. The van der Waals surface area contributed by atoms with Crippen LogP contribution in [0.1, 0.15) is 31.1 Å². The van der Waals surface area contributed by atoms with Crippen molar-refractivity contribution in [3.63, 3.8) is 0 Å². The van der Waals surface area contributed by atoms with Crippen LogP contribution in [0.4, 0.5) is 0 Å². The molecule has 40 heavy (non-hydrogen) atoms. The van der Waals surface area contributed by atoms with Gasteiger partial charge in [0.15, 0.2) is 0 Å². The normalized spacial score (nSPS) is 9.15. The zero-order valence-corrected chi connectivity index (χ0v) is 26.4. The summed E-state index contributed by atoms with van der Waals surface area (Å²) < 4.78 is 29.4. The first kappa shape index (κ1) is 36.1. The van der Waals surface area contributed by atoms with Crippen LogP contribution in [0.2, 0.25) is 0 Å². The molecule has 0 aliphatic rings. The van der Waals surface area contributed by atoms with Crippen LogP contribution in [0.25, 0.3) is 0 Å². The van der Waals surface area contributed by atoms with Gasteiger partial charge in [0, 0.05) is 53.8 Å². The third-order valence-electron chi connectivity index (χ3n) is 4.80. The van der Waals surface area contributed by atoms with Crippen molar-refractivity contribution in [3.05, 3.63) is 71.3 Å². The van der Waals surface area contributed by atoms with Gasteiger partial charge in [0.1, 0.15) is 34.5 Å². The maximum Gasteiger partial charge on any atom is 0.335 e. The van der Waals surface area contributed by atoms with Crippen molar-refractivity contribution in [2.45, 2.75) is 0 Å². The van der Waals surface area contributed by atoms with Crippen molar-refractivity contribution < 1.29 is 93.7 Å². The second-order valence-electron chi connectivity index (χ2n) is 7.22. The Bertz CT molecular complexity index is 1050. The predicted molar refractivity (Wildman–Crippen MR) is 140 cm³/mol. The first-order valence-electron chi connectivity index (χ1n) is 10.9. The predicted octanol–water partition coefficient (Wildman–Crippen LogP) is 4.21. The van der Waals surface area contributed by atoms with Gasteiger partial charge in [-0.2, -0.15) is 0 Å². The molecular formula is C27H30LaO12. The van der Waals surface area contributed by atoms with Crippen LogP contribution in [0.3, 0.4) is 0 Å². The Labute approximate surface area is 258 Å². The van der Waals surface area contributed by atoms with Gasteiger partial charge in [0.2, 0.25) is 0 Å². The zero-order valence-electron chi connectivity index (χ0n) is 22.8. The van der Waals surface area contributed by atoms with Crippen LogP contribution in [-0.4, -0.2) is 75.9 Å². The fourth-order valence-electron chi connectivity index (χ4n) is 2.79. The molecular weight excluding hydrogens is 655 g/mol. The third-order valence-corrected chi connectivity index (χ3v) is 4.80. The molecule has 213 valence electrons. The van der Waals surface area contributed by atoms with Crippen molar-refractivity contribution in [2.75, 3.05) is 42.7 Å². The Hall–Kier alpha value is -3.94. The average Bonchev–Trinajstić information content (AvgIpc) is 2.96. The number of carboxylic acids is 3. The van der Waals surface area contributed by atoms with Crippen molar-refractivity contribution in [2.24, 2.45) is 0 Å². The van der Waals surface area contributed by atoms with E-state index in [0.29, 0.717) is 34.5 Å². The molecule has 0 aliphatic carbocycles. The molecule has 3 rings (SSSR count). The maximum atomic E-state index is 10.6. The van der Waals surface area contributed by atoms with E-state index >= 15 is 0 Å². The van der Waals surface area contributed by atoms with E-state index in [-0.39, 0.29) is 52.3 Å². The number of ether oxygens (including phenoxy) is 6. The largest absolute Gasteiger partial charge is 0.497 e. The van der Waals surface area contributed by atoms with Gasteiger partial charge in [-0.25, -0.2) is 14.4 Å². The minimum absolute atomic E-state index is 0. The Morgan fingerprint density at radius 1 is 0.400 bits per heavy atom. The van der Waals surface area contributed by atoms with Gasteiger partial charge in [-0.05, 0) is 36.4 Å². The number of methoxy groups -OCH3 is 6. The molecule has 1 radical (unpaired) electrons. The van der Waals surface area contributed by atoms with Gasteiger partial charge in [0.05, 0.1) is 59.3 Å². The zero-order chi connectivity index (χ0) is 29.5. The molecule has 0 saturated heterocycles. The van der Waals surface area contributed by atoms with Gasteiger partial charge in [-0.3, -0.25) is 0 Å². The summed E-state index contributed by atoms with van der Waals surface area (Å²) in [6, 6.07) is 13.5. The van der Waals surface area contributed by atoms with Crippen molar-refractivity contribution in [3.8, 4) is 34.5 Å². The van der Waals surface area contributed by atoms with Crippen LogP contribution in [-0.2, 0) is 0 Å². The fourth-order valence-corrected chi connectivity index (χ4v) is 2.79. The second kappa shape index (κ2) is 18.4. The molecule has 0 saturated carbocycles. The summed E-state index contributed by atoms with van der Waals surface area (Å²) in [7, 11) is 8.84. The van der Waals surface area contributed by atoms with Gasteiger partial charge in [-0.1, -0.05) is 0 Å². The average molecular weight is 685 g/mol. The summed E-state index contributed by atoms with van der Waals surface area (Å²) in [5, 5.41) is 26.1. The van der Waals surface area contributed by atoms with Crippen molar-refractivity contribution >= 4 is 17.9 Å². The second-order valence-corrected chi connectivity index (χ2v) is 7.22. The smallest absolute Gasteiger partial charge is 0.335 e. The molecule has 3 aromatic rings. The monoisotopic (exact) mass is 685 g/mol. The minimum Gasteiger partial charge on any atom is -0.497 e. The summed E-state index contributed by atoms with van der Waals surface area (Å²) in [5.74, 6) is -0.192. The van der Waals surface area contributed by atoms with E-state index in [1.807, 2.05) is 0 Å². The minimum atomic E-state index is -1.00. The molecule has 12 nitrogen and oxygen atoms in total. The van der Waals surface area contributed by atoms with E-state index in [0.717, 1.165) is 0 Å². The van der Waals surface area contributed by atoms with Crippen molar-refractivity contribution in [1.82, 2.24) is 0 Å². The number of carboxylic acid groups (broad SMARTS) is 3. The maximum absolute atomic E-state index is 10.6. The van der Waals surface area contributed by atoms with Crippen molar-refractivity contribution in [1.29, 1.82) is 0 Å². The summed E-state index contributed by atoms with van der Waals surface area (Å²) in [6.45, 7) is 0. The Kier molecular flexibility index (Phi) is 16.6. The molecule has 0 bridgehead atoms. The molecule has 0 amide bonds. The van der Waals surface area contributed by atoms with E-state index < -0.39 is 17.9 Å². The van der Waals surface area contributed by atoms with E-state index in [9.17, 15) is 14.4 Å². The van der Waals surface area contributed by atoms with Crippen LogP contribution < -0.4 is 28.4 Å². The molecule has 0 spiro atoms. The number of rotatable bonds is 9. The molecule has 0 atom stereocenters. The molecule has 3 N–H and O–H groups in total. The van der Waals surface area contributed by atoms with Gasteiger partial charge in [-0.15, -0.1) is 0 Å². The number of carbonyl (C=O) groups is 3. The quantitative estimate of drug-likeness (QED) is 0.294. The first-order valence-corrected chi connectivity index (χ1v) is 10.9. The molecule has 0 unspecified atom stereocenters. The fraction of sp³-hybridized carbons (Fsp3) is 0.222. The van der Waals surface area contributed by atoms with Gasteiger partial charge < -0.3 is 43.7 Å². The Balaban J connectivity index is 0.000000563. The molecule has 0 heterocycles. The van der Waals surface area contributed by atoms with E-state index in [4.69, 9.17) is 43.7 Å². The van der Waals surface area contributed by atoms with E-state index in [2.05, 4.69) is 0 Å². The summed E-state index contributed by atoms with van der Waals surface area (Å²) >= 11 is 0. The summed E-state index contributed by atoms with van der Waals surface area (Å²) in [5.41, 5.74) is 0.448. The molecule has 3 aromatic carbocycles. The number of hydrogen-bond acceptors (Lipinski definition) is 9. The molecule has 0 aliphatic heterocycles. The Morgan fingerprint density at radius 3 is 0.650 bits per heavy atom. The molecule has 0 aromatic heterocycles. The standard InChI is InChI=1S/3C9H10O4.La/c3*1-12-7-3-6(9(10)11)4-8(5-7)13-2;/h3*3-5H,1-2H3,(H,10,11);.